The topological polar surface area (TPSA) is 38.5 Å². The molecule has 0 aliphatic rings. The van der Waals surface area contributed by atoms with Gasteiger partial charge >= 0.3 is 0 Å². The third-order valence-electron chi connectivity index (χ3n) is 4.20. The second-order valence-corrected chi connectivity index (χ2v) is 6.33. The number of nitrogens with two attached hydrogens (primary N) is 1. The van der Waals surface area contributed by atoms with Gasteiger partial charge in [-0.25, -0.2) is 0 Å². The molecule has 2 rings (SSSR count). The van der Waals surface area contributed by atoms with Crippen LogP contribution in [0.4, 0.5) is 5.69 Å². The molecule has 0 aliphatic carbocycles. The molecule has 23 heavy (non-hydrogen) atoms. The van der Waals surface area contributed by atoms with Crippen LogP contribution in [0.5, 0.6) is 5.75 Å². The highest BCUT2D eigenvalue weighted by atomic mass is 16.5. The van der Waals surface area contributed by atoms with E-state index in [1.807, 2.05) is 0 Å². The summed E-state index contributed by atoms with van der Waals surface area (Å²) < 4.78 is 5.96. The molecule has 0 saturated carbocycles. The third kappa shape index (κ3) is 4.73. The zero-order chi connectivity index (χ0) is 16.8. The van der Waals surface area contributed by atoms with Gasteiger partial charge in [0, 0.05) is 19.8 Å². The van der Waals surface area contributed by atoms with Crippen molar-refractivity contribution in [1.82, 2.24) is 0 Å². The van der Waals surface area contributed by atoms with Gasteiger partial charge in [0.2, 0.25) is 0 Å². The highest BCUT2D eigenvalue weighted by Crippen LogP contribution is 2.24. The van der Waals surface area contributed by atoms with Gasteiger partial charge in [0.25, 0.3) is 0 Å². The Morgan fingerprint density at radius 3 is 2.52 bits per heavy atom. The summed E-state index contributed by atoms with van der Waals surface area (Å²) in [6.07, 6.45) is 0.917. The van der Waals surface area contributed by atoms with E-state index in [0.717, 1.165) is 12.2 Å². The number of hydrogen-bond donors (Lipinski definition) is 1. The summed E-state index contributed by atoms with van der Waals surface area (Å²) in [6, 6.07) is 14.9. The largest absolute Gasteiger partial charge is 0.493 e. The van der Waals surface area contributed by atoms with Gasteiger partial charge < -0.3 is 15.4 Å². The van der Waals surface area contributed by atoms with Crippen molar-refractivity contribution in [3.8, 4) is 5.75 Å². The normalized spacial score (nSPS) is 12.0. The third-order valence-corrected chi connectivity index (χ3v) is 4.20. The number of hydrogen-bond acceptors (Lipinski definition) is 3. The van der Waals surface area contributed by atoms with Crippen molar-refractivity contribution in [3.63, 3.8) is 0 Å². The fourth-order valence-corrected chi connectivity index (χ4v) is 2.75. The first kappa shape index (κ1) is 17.4. The minimum atomic E-state index is 0.320. The van der Waals surface area contributed by atoms with Gasteiger partial charge in [-0.3, -0.25) is 0 Å². The van der Waals surface area contributed by atoms with E-state index in [-0.39, 0.29) is 0 Å². The molecule has 0 aromatic heterocycles. The standard InChI is InChI=1S/C20H28N2O/c1-15-8-9-20(16(2)12-15)23-11-10-18(14-21)17-6-5-7-19(13-17)22(3)4/h5-9,12-13,18H,10-11,14,21H2,1-4H3. The van der Waals surface area contributed by atoms with E-state index in [2.05, 4.69) is 75.3 Å². The maximum Gasteiger partial charge on any atom is 0.122 e. The highest BCUT2D eigenvalue weighted by molar-refractivity contribution is 5.48. The summed E-state index contributed by atoms with van der Waals surface area (Å²) in [5, 5.41) is 0. The molecule has 1 atom stereocenters. The van der Waals surface area contributed by atoms with E-state index in [1.165, 1.54) is 22.4 Å². The summed E-state index contributed by atoms with van der Waals surface area (Å²) in [7, 11) is 4.11. The maximum atomic E-state index is 5.99. The number of rotatable bonds is 7. The molecule has 124 valence electrons. The molecule has 0 fully saturated rings. The minimum Gasteiger partial charge on any atom is -0.493 e. The van der Waals surface area contributed by atoms with E-state index in [9.17, 15) is 0 Å². The van der Waals surface area contributed by atoms with Crippen molar-refractivity contribution >= 4 is 5.69 Å². The Morgan fingerprint density at radius 2 is 1.87 bits per heavy atom. The van der Waals surface area contributed by atoms with Gasteiger partial charge in [0.05, 0.1) is 6.61 Å². The average Bonchev–Trinajstić information content (AvgIpc) is 2.53. The molecule has 3 nitrogen and oxygen atoms in total. The predicted molar refractivity (Wildman–Crippen MR) is 98.6 cm³/mol. The fourth-order valence-electron chi connectivity index (χ4n) is 2.75. The van der Waals surface area contributed by atoms with Gasteiger partial charge in [-0.15, -0.1) is 0 Å². The maximum absolute atomic E-state index is 5.99. The molecule has 0 heterocycles. The van der Waals surface area contributed by atoms with Crippen LogP contribution in [0.25, 0.3) is 0 Å². The lowest BCUT2D eigenvalue weighted by atomic mass is 9.95. The molecule has 0 aliphatic heterocycles. The number of aryl methyl sites for hydroxylation is 2. The van der Waals surface area contributed by atoms with Crippen molar-refractivity contribution in [2.24, 2.45) is 5.73 Å². The van der Waals surface area contributed by atoms with Crippen molar-refractivity contribution in [1.29, 1.82) is 0 Å². The predicted octanol–water partition coefficient (Wildman–Crippen LogP) is 3.88. The Bertz CT molecular complexity index is 637. The highest BCUT2D eigenvalue weighted by Gasteiger charge is 2.11. The second kappa shape index (κ2) is 8.02. The minimum absolute atomic E-state index is 0.320. The van der Waals surface area contributed by atoms with Crippen LogP contribution in [-0.4, -0.2) is 27.2 Å². The van der Waals surface area contributed by atoms with Crippen LogP contribution in [0.3, 0.4) is 0 Å². The van der Waals surface area contributed by atoms with Gasteiger partial charge in [0.1, 0.15) is 5.75 Å². The average molecular weight is 312 g/mol. The van der Waals surface area contributed by atoms with E-state index in [4.69, 9.17) is 10.5 Å². The Kier molecular flexibility index (Phi) is 6.05. The van der Waals surface area contributed by atoms with Crippen LogP contribution in [0, 0.1) is 13.8 Å². The number of nitrogens with zero attached hydrogens (tertiary/aromatic N) is 1. The van der Waals surface area contributed by atoms with E-state index >= 15 is 0 Å². The van der Waals surface area contributed by atoms with Crippen molar-refractivity contribution < 1.29 is 4.74 Å². The lowest BCUT2D eigenvalue weighted by molar-refractivity contribution is 0.296. The van der Waals surface area contributed by atoms with Crippen LogP contribution in [0.15, 0.2) is 42.5 Å². The Hall–Kier alpha value is -2.00. The molecular weight excluding hydrogens is 284 g/mol. The van der Waals surface area contributed by atoms with Crippen LogP contribution in [0.2, 0.25) is 0 Å². The molecule has 0 amide bonds. The zero-order valence-corrected chi connectivity index (χ0v) is 14.7. The van der Waals surface area contributed by atoms with E-state index in [0.29, 0.717) is 19.1 Å². The first-order valence-electron chi connectivity index (χ1n) is 8.18. The molecule has 1 unspecified atom stereocenters. The Morgan fingerprint density at radius 1 is 1.09 bits per heavy atom. The summed E-state index contributed by atoms with van der Waals surface area (Å²) in [6.45, 7) is 5.49. The summed E-state index contributed by atoms with van der Waals surface area (Å²) >= 11 is 0. The second-order valence-electron chi connectivity index (χ2n) is 6.33. The van der Waals surface area contributed by atoms with Crippen molar-refractivity contribution in [3.05, 3.63) is 59.2 Å². The zero-order valence-electron chi connectivity index (χ0n) is 14.7. The van der Waals surface area contributed by atoms with Crippen LogP contribution in [0.1, 0.15) is 29.0 Å². The molecule has 0 saturated heterocycles. The molecule has 2 N–H and O–H groups in total. The number of anilines is 1. The Labute approximate surface area is 140 Å². The molecule has 0 radical (unpaired) electrons. The van der Waals surface area contributed by atoms with Crippen LogP contribution in [-0.2, 0) is 0 Å². The molecular formula is C20H28N2O. The fraction of sp³-hybridized carbons (Fsp3) is 0.400. The van der Waals surface area contributed by atoms with Gasteiger partial charge in [-0.05, 0) is 62.1 Å². The van der Waals surface area contributed by atoms with Crippen LogP contribution >= 0.6 is 0 Å². The lowest BCUT2D eigenvalue weighted by Crippen LogP contribution is -2.16. The molecule has 2 aromatic rings. The van der Waals surface area contributed by atoms with Gasteiger partial charge in [0.15, 0.2) is 0 Å². The number of benzene rings is 2. The Balaban J connectivity index is 1.98. The summed E-state index contributed by atoms with van der Waals surface area (Å²) in [5.41, 5.74) is 10.9. The quantitative estimate of drug-likeness (QED) is 0.843. The number of ether oxygens (including phenoxy) is 1. The van der Waals surface area contributed by atoms with Gasteiger partial charge in [-0.2, -0.15) is 0 Å². The molecule has 0 bridgehead atoms. The lowest BCUT2D eigenvalue weighted by Gasteiger charge is -2.19. The summed E-state index contributed by atoms with van der Waals surface area (Å²) in [5.74, 6) is 1.29. The van der Waals surface area contributed by atoms with Crippen molar-refractivity contribution in [2.75, 3.05) is 32.1 Å². The SMILES string of the molecule is Cc1ccc(OCCC(CN)c2cccc(N(C)C)c2)c(C)c1. The summed E-state index contributed by atoms with van der Waals surface area (Å²) in [4.78, 5) is 2.11. The molecule has 0 spiro atoms. The van der Waals surface area contributed by atoms with E-state index in [1.54, 1.807) is 0 Å². The monoisotopic (exact) mass is 312 g/mol. The molecule has 2 aromatic carbocycles. The first-order chi connectivity index (χ1) is 11.0. The molecule has 3 heteroatoms. The first-order valence-corrected chi connectivity index (χ1v) is 8.18. The van der Waals surface area contributed by atoms with Crippen molar-refractivity contribution in [2.45, 2.75) is 26.2 Å². The van der Waals surface area contributed by atoms with Crippen LogP contribution < -0.4 is 15.4 Å². The smallest absolute Gasteiger partial charge is 0.122 e. The van der Waals surface area contributed by atoms with E-state index < -0.39 is 0 Å². The van der Waals surface area contributed by atoms with Gasteiger partial charge in [-0.1, -0.05) is 29.8 Å².